The van der Waals surface area contributed by atoms with E-state index in [1.165, 1.54) is 18.2 Å². The number of aliphatic carboxylic acids is 1. The summed E-state index contributed by atoms with van der Waals surface area (Å²) in [6.07, 6.45) is 6.23. The van der Waals surface area contributed by atoms with E-state index in [1.807, 2.05) is 72.8 Å². The first-order valence-electron chi connectivity index (χ1n) is 40.4. The maximum atomic E-state index is 14.3. The summed E-state index contributed by atoms with van der Waals surface area (Å²) in [6.45, 7) is 14.7. The molecule has 0 aliphatic rings. The van der Waals surface area contributed by atoms with E-state index in [4.69, 9.17) is 31.8 Å². The largest absolute Gasteiger partial charge is 0.480 e. The quantitative estimate of drug-likeness (QED) is 0.00602. The lowest BCUT2D eigenvalue weighted by atomic mass is 10.0. The molecule has 0 saturated heterocycles. The van der Waals surface area contributed by atoms with Crippen LogP contribution in [0.2, 0.25) is 0 Å². The number of carbonyl (C=O) groups excluding carboxylic acids is 9. The molecule has 0 aliphatic carbocycles. The molecule has 0 aromatic heterocycles. The Morgan fingerprint density at radius 3 is 1.13 bits per heavy atom. The Morgan fingerprint density at radius 2 is 0.740 bits per heavy atom. The molecule has 19 N–H and O–H groups in total. The number of rotatable bonds is 49. The number of anilines is 2. The molecule has 8 rings (SSSR count). The van der Waals surface area contributed by atoms with Gasteiger partial charge in [0, 0.05) is 59.2 Å². The molecule has 8 aromatic rings. The summed E-state index contributed by atoms with van der Waals surface area (Å²) in [5.74, 6) is -7.87. The molecule has 0 radical (unpaired) electrons. The number of hydrogen-bond acceptors (Lipinski definition) is 18. The summed E-state index contributed by atoms with van der Waals surface area (Å²) in [7, 11) is -1.00. The Hall–Kier alpha value is -15.0. The van der Waals surface area contributed by atoms with Gasteiger partial charge in [-0.2, -0.15) is 0 Å². The zero-order chi connectivity index (χ0) is 93.4. The lowest BCUT2D eigenvalue weighted by molar-refractivity contribution is -0.485. The molecule has 0 bridgehead atoms. The van der Waals surface area contributed by atoms with Crippen molar-refractivity contribution in [3.05, 3.63) is 299 Å². The molecule has 0 saturated carbocycles. The third-order valence-electron chi connectivity index (χ3n) is 17.9. The summed E-state index contributed by atoms with van der Waals surface area (Å²) in [5, 5.41) is 67.8. The second-order valence-electron chi connectivity index (χ2n) is 27.4. The maximum absolute atomic E-state index is 14.3. The van der Waals surface area contributed by atoms with E-state index < -0.39 is 131 Å². The Bertz CT molecular complexity index is 5000. The predicted octanol–water partition coefficient (Wildman–Crippen LogP) is 4.89. The van der Waals surface area contributed by atoms with Gasteiger partial charge in [0.1, 0.15) is 59.1 Å². The number of carboxylic acid groups (broad SMARTS) is 1. The number of ether oxygens (including phenoxy) is 4. The molecule has 674 valence electrons. The monoisotopic (exact) mass is 1750 g/mol. The van der Waals surface area contributed by atoms with Gasteiger partial charge in [-0.05, 0) is 84.0 Å². The molecule has 127 heavy (non-hydrogen) atoms. The zero-order valence-corrected chi connectivity index (χ0v) is 69.7. The second-order valence-corrected chi connectivity index (χ2v) is 27.4. The van der Waals surface area contributed by atoms with Crippen molar-refractivity contribution in [2.24, 2.45) is 21.7 Å². The van der Waals surface area contributed by atoms with Crippen molar-refractivity contribution in [1.29, 1.82) is 0 Å². The first-order chi connectivity index (χ1) is 61.7. The van der Waals surface area contributed by atoms with Crippen LogP contribution in [0.1, 0.15) is 58.9 Å². The van der Waals surface area contributed by atoms with Crippen molar-refractivity contribution >= 4 is 104 Å². The van der Waals surface area contributed by atoms with E-state index in [2.05, 4.69) is 101 Å². The van der Waals surface area contributed by atoms with Crippen LogP contribution in [0, 0.1) is 20.2 Å². The molecular weight excluding hydrogens is 1640 g/mol. The van der Waals surface area contributed by atoms with E-state index in [1.54, 1.807) is 140 Å². The molecule has 37 nitrogen and oxygen atoms in total. The van der Waals surface area contributed by atoms with Crippen LogP contribution in [0.4, 0.5) is 15.8 Å². The summed E-state index contributed by atoms with van der Waals surface area (Å²) < 4.78 is 37.3. The van der Waals surface area contributed by atoms with Crippen molar-refractivity contribution in [2.45, 2.75) is 86.9 Å². The number of halogens is 1. The number of benzene rings is 8. The van der Waals surface area contributed by atoms with Crippen LogP contribution in [-0.2, 0) is 70.1 Å². The van der Waals surface area contributed by atoms with Crippen LogP contribution in [0.3, 0.4) is 0 Å². The van der Waals surface area contributed by atoms with Crippen LogP contribution in [0.15, 0.2) is 267 Å². The average molecular weight is 1750 g/mol. The summed E-state index contributed by atoms with van der Waals surface area (Å²) >= 11 is 0. The van der Waals surface area contributed by atoms with Gasteiger partial charge >= 0.3 is 5.97 Å². The number of nitrogens with zero attached hydrogens (tertiary/aromatic N) is 4. The Balaban J connectivity index is 0.000000377. The van der Waals surface area contributed by atoms with Gasteiger partial charge in [-0.25, -0.2) is 25.0 Å². The fourth-order valence-electron chi connectivity index (χ4n) is 11.8. The lowest BCUT2D eigenvalue weighted by Crippen LogP contribution is -2.68. The van der Waals surface area contributed by atoms with Gasteiger partial charge in [-0.1, -0.05) is 194 Å². The van der Waals surface area contributed by atoms with Crippen molar-refractivity contribution in [3.63, 3.8) is 0 Å². The number of amides is 9. The van der Waals surface area contributed by atoms with Crippen molar-refractivity contribution in [3.8, 4) is 0 Å². The lowest BCUT2D eigenvalue weighted by Gasteiger charge is -2.27. The van der Waals surface area contributed by atoms with Crippen LogP contribution < -0.4 is 75.7 Å². The number of guanidine groups is 2. The molecule has 8 aromatic carbocycles. The third kappa shape index (κ3) is 38.5. The van der Waals surface area contributed by atoms with E-state index in [0.717, 1.165) is 27.2 Å². The fraction of sp³-hybridized carbons (Fsp3) is 0.281. The molecule has 0 heterocycles. The molecular formula is C89H108FN18O19+. The smallest absolute Gasteiger partial charge is 0.326 e. The SMILES string of the molecule is C=CCOC[C@H](NC(=O)c1ccccc1)C(=O)N[C@H](Cc1ccccc1)C(=O)N[C@@H](CCCN/C(N)=N/[N+](=O)[O-])C(=O)N[C@@H](COCC=C)C(=O)Nc1cccc2ccccc12.C=CCOC[C@H](NC(=O)c1ccccc1)C(=O)N[C@H](Cc1ccccc1)C(=O)N[C@@H](CCCN/C(N)=N/[N+](=O)[O-])C(=O)O.C=CCOC[C@H]([NH3+])C(=O)Nc1cccc2ccccc12.[2H]CF. The number of carbonyl (C=O) groups is 10. The van der Waals surface area contributed by atoms with E-state index >= 15 is 0 Å². The number of nitrogens with two attached hydrogens (primary N) is 2. The highest BCUT2D eigenvalue weighted by molar-refractivity contribution is 6.06. The molecule has 38 heteroatoms. The van der Waals surface area contributed by atoms with Crippen LogP contribution in [0.25, 0.3) is 21.5 Å². The third-order valence-corrected chi connectivity index (χ3v) is 17.9. The van der Waals surface area contributed by atoms with Crippen LogP contribution >= 0.6 is 0 Å². The fourth-order valence-corrected chi connectivity index (χ4v) is 11.8. The normalized spacial score (nSPS) is 12.8. The minimum absolute atomic E-state index is 0.00788. The number of quaternary nitrogens is 1. The number of carboxylic acids is 1. The summed E-state index contributed by atoms with van der Waals surface area (Å²) in [4.78, 5) is 154. The number of hydrazone groups is 2. The average Bonchev–Trinajstić information content (AvgIpc) is 0.815. The zero-order valence-electron chi connectivity index (χ0n) is 70.7. The molecule has 0 aliphatic heterocycles. The summed E-state index contributed by atoms with van der Waals surface area (Å²) in [5.41, 5.74) is 18.0. The van der Waals surface area contributed by atoms with Crippen molar-refractivity contribution in [2.75, 3.05) is 83.7 Å². The molecule has 9 amide bonds. The van der Waals surface area contributed by atoms with Crippen molar-refractivity contribution < 1.29 is 93.6 Å². The van der Waals surface area contributed by atoms with Gasteiger partial charge in [0.15, 0.2) is 16.1 Å². The van der Waals surface area contributed by atoms with Crippen LogP contribution in [0.5, 0.6) is 0 Å². The van der Waals surface area contributed by atoms with E-state index in [0.29, 0.717) is 34.5 Å². The standard InChI is InChI=1S/C44H51N9O9.C28H35N7O8.C16H18N2O2.CH3F/c1-3-25-61-28-37(50-39(54)32-18-9-6-10-19-32)43(58)49-36(27-30-15-7-5-8-16-30)41(56)48-35(23-14-24-46-44(45)52-53(59)60)40(55)51-38(29-62-26-4-2)42(57)47-34-22-13-20-31-17-11-12-21-33(31)34;1-2-16-43-18-23(33-24(36)20-12-7-4-8-13-20)26(38)32-22(17-19-10-5-3-6-11-19)25(37)31-21(27(39)40)14-9-15-30-28(29)34-35(41)42;1-2-10-20-11-14(17)16(19)18-15-9-5-7-12-6-3-4-8-13(12)15;1-2/h3-13,15-22,35-38H,1-2,14,23-29H2,(H,47,57)(H,48,56)(H,49,58)(H,50,54)(H,51,55)(H3,45,46,52);2-8,10-13,21-23H,1,9,14-18H2,(H,31,37)(H,32,38)(H,33,36)(H,39,40)(H3,29,30,34);2-9,14H,1,10-11,17H2,(H,18,19);1H3/p+1/t35-,36+,37-,38-;21-,22+,23-;14-;/m000./s1/i;;;1D. The van der Waals surface area contributed by atoms with Crippen LogP contribution in [-0.4, -0.2) is 208 Å². The highest BCUT2D eigenvalue weighted by Crippen LogP contribution is 2.25. The number of alkyl halides is 1. The molecule has 0 unspecified atom stereocenters. The predicted molar refractivity (Wildman–Crippen MR) is 478 cm³/mol. The Morgan fingerprint density at radius 1 is 0.433 bits per heavy atom. The topological polar surface area (TPSA) is 551 Å². The molecule has 0 spiro atoms. The van der Waals surface area contributed by atoms with Gasteiger partial charge in [0.25, 0.3) is 29.6 Å². The highest BCUT2D eigenvalue weighted by Gasteiger charge is 2.34. The summed E-state index contributed by atoms with van der Waals surface area (Å²) in [6, 6.07) is 51.3. The minimum Gasteiger partial charge on any atom is -0.480 e. The first-order valence-corrected chi connectivity index (χ1v) is 39.7. The first kappa shape index (κ1) is 101. The number of nitro groups is 2. The highest BCUT2D eigenvalue weighted by atomic mass is 19.1. The van der Waals surface area contributed by atoms with Gasteiger partial charge in [-0.3, -0.25) is 47.5 Å². The van der Waals surface area contributed by atoms with Gasteiger partial charge in [-0.15, -0.1) is 26.3 Å². The van der Waals surface area contributed by atoms with E-state index in [-0.39, 0.29) is 104 Å². The van der Waals surface area contributed by atoms with E-state index in [9.17, 15) is 77.7 Å². The number of hydrogen-bond donors (Lipinski definition) is 15. The Kier molecular flexibility index (Phi) is 46.2. The minimum atomic E-state index is -1.34. The molecule has 8 atom stereocenters. The van der Waals surface area contributed by atoms with Crippen molar-refractivity contribution in [1.82, 2.24) is 47.9 Å². The number of fused-ring (bicyclic) bond motifs is 2. The van der Waals surface area contributed by atoms with Gasteiger partial charge in [0.05, 0.1) is 54.8 Å². The Labute approximate surface area is 733 Å². The van der Waals surface area contributed by atoms with Gasteiger partial charge < -0.3 is 99.7 Å². The molecule has 0 fully saturated rings. The van der Waals surface area contributed by atoms with Gasteiger partial charge in [0.2, 0.25) is 35.4 Å². The second kappa shape index (κ2) is 58.1. The number of nitrogens with one attached hydrogen (secondary N) is 11. The maximum Gasteiger partial charge on any atom is 0.326 e.